The van der Waals surface area contributed by atoms with Gasteiger partial charge in [-0.25, -0.2) is 9.10 Å². The third kappa shape index (κ3) is 4.51. The van der Waals surface area contributed by atoms with Crippen LogP contribution in [0.2, 0.25) is 0 Å². The molecule has 8 nitrogen and oxygen atoms in total. The predicted molar refractivity (Wildman–Crippen MR) is 88.3 cm³/mol. The normalized spacial score (nSPS) is 18.5. The monoisotopic (exact) mass is 358 g/mol. The van der Waals surface area contributed by atoms with Crippen LogP contribution >= 0.6 is 0 Å². The van der Waals surface area contributed by atoms with Crippen molar-refractivity contribution in [3.8, 4) is 5.75 Å². The van der Waals surface area contributed by atoms with E-state index in [4.69, 9.17) is 4.74 Å². The minimum Gasteiger partial charge on any atom is -0.508 e. The van der Waals surface area contributed by atoms with Crippen molar-refractivity contribution < 1.29 is 27.6 Å². The van der Waals surface area contributed by atoms with Crippen molar-refractivity contribution in [1.29, 1.82) is 0 Å². The summed E-state index contributed by atoms with van der Waals surface area (Å²) in [6.45, 7) is 5.68. The Balaban J connectivity index is 2.18. The summed E-state index contributed by atoms with van der Waals surface area (Å²) >= 11 is 0. The Morgan fingerprint density at radius 3 is 2.38 bits per heavy atom. The lowest BCUT2D eigenvalue weighted by molar-refractivity contribution is 0.0292. The molecule has 0 unspecified atom stereocenters. The molecule has 24 heavy (non-hydrogen) atoms. The highest BCUT2D eigenvalue weighted by Gasteiger charge is 2.37. The number of hydrogen-bond acceptors (Lipinski definition) is 5. The minimum absolute atomic E-state index is 0.0177. The number of phenolic OH excluding ortho intramolecular Hbond substituents is 1. The van der Waals surface area contributed by atoms with Gasteiger partial charge in [-0.3, -0.25) is 4.55 Å². The molecule has 134 valence electrons. The second-order valence-corrected chi connectivity index (χ2v) is 7.95. The topological polar surface area (TPSA) is 107 Å². The Kier molecular flexibility index (Phi) is 4.95. The molecular weight excluding hydrogens is 336 g/mol. The fourth-order valence-electron chi connectivity index (χ4n) is 2.56. The van der Waals surface area contributed by atoms with Gasteiger partial charge in [0.15, 0.2) is 0 Å². The second kappa shape index (κ2) is 6.48. The molecule has 1 amide bonds. The lowest BCUT2D eigenvalue weighted by atomic mass is 10.2. The Morgan fingerprint density at radius 2 is 1.88 bits per heavy atom. The number of ether oxygens (including phenoxy) is 1. The first-order valence-corrected chi connectivity index (χ1v) is 8.91. The fraction of sp³-hybridized carbons (Fsp3) is 0.533. The smallest absolute Gasteiger partial charge is 0.410 e. The summed E-state index contributed by atoms with van der Waals surface area (Å²) in [5, 5.41) is 9.33. The maximum absolute atomic E-state index is 12.1. The number of aromatic hydroxyl groups is 1. The second-order valence-electron chi connectivity index (χ2n) is 6.66. The number of hydrogen-bond donors (Lipinski definition) is 2. The highest BCUT2D eigenvalue weighted by molar-refractivity contribution is 7.87. The Morgan fingerprint density at radius 1 is 1.29 bits per heavy atom. The number of nitrogens with zero attached hydrogens (tertiary/aromatic N) is 2. The summed E-state index contributed by atoms with van der Waals surface area (Å²) < 4.78 is 39.3. The van der Waals surface area contributed by atoms with Crippen molar-refractivity contribution >= 4 is 22.1 Å². The highest BCUT2D eigenvalue weighted by atomic mass is 32.2. The third-order valence-electron chi connectivity index (χ3n) is 3.50. The van der Waals surface area contributed by atoms with Gasteiger partial charge in [0, 0.05) is 13.1 Å². The van der Waals surface area contributed by atoms with Crippen molar-refractivity contribution in [3.05, 3.63) is 24.3 Å². The van der Waals surface area contributed by atoms with E-state index in [2.05, 4.69) is 0 Å². The largest absolute Gasteiger partial charge is 0.508 e. The van der Waals surface area contributed by atoms with Gasteiger partial charge in [0.2, 0.25) is 0 Å². The van der Waals surface area contributed by atoms with E-state index in [0.717, 1.165) is 4.31 Å². The molecule has 2 N–H and O–H groups in total. The van der Waals surface area contributed by atoms with Gasteiger partial charge in [0.05, 0.1) is 11.7 Å². The molecule has 0 radical (unpaired) electrons. The van der Waals surface area contributed by atoms with Gasteiger partial charge in [-0.1, -0.05) is 0 Å². The molecule has 0 spiro atoms. The first-order valence-electron chi connectivity index (χ1n) is 7.51. The van der Waals surface area contributed by atoms with Gasteiger partial charge in [0.1, 0.15) is 11.4 Å². The average molecular weight is 358 g/mol. The molecule has 1 atom stereocenters. The summed E-state index contributed by atoms with van der Waals surface area (Å²) in [5.41, 5.74) is -0.430. The number of likely N-dealkylation sites (tertiary alicyclic amines) is 1. The quantitative estimate of drug-likeness (QED) is 0.801. The summed E-state index contributed by atoms with van der Waals surface area (Å²) in [7, 11) is -4.53. The molecule has 0 aromatic heterocycles. The molecule has 1 aromatic carbocycles. The number of anilines is 1. The van der Waals surface area contributed by atoms with Crippen molar-refractivity contribution in [3.63, 3.8) is 0 Å². The van der Waals surface area contributed by atoms with Gasteiger partial charge in [0.25, 0.3) is 0 Å². The SMILES string of the molecule is CC(C)(C)OC(=O)N1CC[C@H](N(c2ccc(O)cc2)S(=O)(=O)O)C1. The number of carbonyl (C=O) groups is 1. The van der Waals surface area contributed by atoms with Crippen LogP contribution in [0.5, 0.6) is 5.75 Å². The van der Waals surface area contributed by atoms with Crippen LogP contribution in [-0.4, -0.2) is 53.8 Å². The molecule has 2 rings (SSSR count). The van der Waals surface area contributed by atoms with Crippen LogP contribution < -0.4 is 4.31 Å². The summed E-state index contributed by atoms with van der Waals surface area (Å²) in [6, 6.07) is 4.82. The molecule has 1 saturated heterocycles. The molecule has 1 aliphatic rings. The molecule has 0 aliphatic carbocycles. The summed E-state index contributed by atoms with van der Waals surface area (Å²) in [6.07, 6.45) is -0.161. The van der Waals surface area contributed by atoms with E-state index in [1.54, 1.807) is 20.8 Å². The number of rotatable bonds is 3. The molecule has 0 bridgehead atoms. The van der Waals surface area contributed by atoms with E-state index < -0.39 is 28.0 Å². The zero-order valence-electron chi connectivity index (χ0n) is 13.8. The van der Waals surface area contributed by atoms with Crippen molar-refractivity contribution in [2.45, 2.75) is 38.8 Å². The van der Waals surface area contributed by atoms with Gasteiger partial charge in [-0.15, -0.1) is 0 Å². The Labute approximate surface area is 141 Å². The van der Waals surface area contributed by atoms with Gasteiger partial charge >= 0.3 is 16.4 Å². The molecule has 1 aromatic rings. The third-order valence-corrected chi connectivity index (χ3v) is 4.51. The van der Waals surface area contributed by atoms with Crippen molar-refractivity contribution in [1.82, 2.24) is 4.90 Å². The van der Waals surface area contributed by atoms with Crippen LogP contribution in [0.4, 0.5) is 10.5 Å². The minimum atomic E-state index is -4.53. The van der Waals surface area contributed by atoms with Crippen LogP contribution in [0.1, 0.15) is 27.2 Å². The van der Waals surface area contributed by atoms with Crippen molar-refractivity contribution in [2.24, 2.45) is 0 Å². The van der Waals surface area contributed by atoms with E-state index in [9.17, 15) is 22.9 Å². The van der Waals surface area contributed by atoms with E-state index in [1.165, 1.54) is 29.2 Å². The maximum Gasteiger partial charge on any atom is 0.410 e. The van der Waals surface area contributed by atoms with Crippen LogP contribution in [-0.2, 0) is 15.0 Å². The zero-order valence-corrected chi connectivity index (χ0v) is 14.7. The molecular formula is C15H22N2O6S. The standard InChI is InChI=1S/C15H22N2O6S/c1-15(2,3)23-14(19)16-9-8-12(10-16)17(24(20,21)22)11-4-6-13(18)7-5-11/h4-7,12,18H,8-10H2,1-3H3,(H,20,21,22)/t12-/m0/s1. The van der Waals surface area contributed by atoms with E-state index >= 15 is 0 Å². The van der Waals surface area contributed by atoms with Gasteiger partial charge in [-0.05, 0) is 51.5 Å². The molecule has 1 fully saturated rings. The number of benzene rings is 1. The number of phenols is 1. The first-order chi connectivity index (χ1) is 11.0. The number of amides is 1. The summed E-state index contributed by atoms with van der Waals surface area (Å²) in [5.74, 6) is -0.0177. The first kappa shape index (κ1) is 18.3. The van der Waals surface area contributed by atoms with E-state index in [1.807, 2.05) is 0 Å². The summed E-state index contributed by atoms with van der Waals surface area (Å²) in [4.78, 5) is 13.5. The van der Waals surface area contributed by atoms with E-state index in [0.29, 0.717) is 13.0 Å². The highest BCUT2D eigenvalue weighted by Crippen LogP contribution is 2.28. The molecule has 1 heterocycles. The Bertz CT molecular complexity index is 696. The van der Waals surface area contributed by atoms with Crippen LogP contribution in [0.15, 0.2) is 24.3 Å². The van der Waals surface area contributed by atoms with Crippen molar-refractivity contribution in [2.75, 3.05) is 17.4 Å². The van der Waals surface area contributed by atoms with Crippen LogP contribution in [0.3, 0.4) is 0 Å². The molecule has 9 heteroatoms. The number of carbonyl (C=O) groups excluding carboxylic acids is 1. The Hall–Kier alpha value is -2.00. The molecule has 0 saturated carbocycles. The van der Waals surface area contributed by atoms with Crippen LogP contribution in [0, 0.1) is 0 Å². The fourth-order valence-corrected chi connectivity index (χ4v) is 3.49. The van der Waals surface area contributed by atoms with Crippen LogP contribution in [0.25, 0.3) is 0 Å². The predicted octanol–water partition coefficient (Wildman–Crippen LogP) is 2.01. The lowest BCUT2D eigenvalue weighted by Gasteiger charge is -2.28. The van der Waals surface area contributed by atoms with E-state index in [-0.39, 0.29) is 18.0 Å². The van der Waals surface area contributed by atoms with Gasteiger partial charge < -0.3 is 14.7 Å². The maximum atomic E-state index is 12.1. The lowest BCUT2D eigenvalue weighted by Crippen LogP contribution is -2.43. The molecule has 1 aliphatic heterocycles. The zero-order chi connectivity index (χ0) is 18.1. The van der Waals surface area contributed by atoms with Gasteiger partial charge in [-0.2, -0.15) is 8.42 Å². The average Bonchev–Trinajstić information content (AvgIpc) is 2.87.